The van der Waals surface area contributed by atoms with E-state index >= 15 is 4.39 Å². The molecule has 4 heteroatoms. The Labute approximate surface area is 122 Å². The first-order valence-corrected chi connectivity index (χ1v) is 6.69. The fourth-order valence-electron chi connectivity index (χ4n) is 2.00. The van der Waals surface area contributed by atoms with Crippen molar-refractivity contribution in [2.45, 2.75) is 12.1 Å². The molecule has 2 aromatic rings. The summed E-state index contributed by atoms with van der Waals surface area (Å²) in [4.78, 5) is 0. The highest BCUT2D eigenvalue weighted by Crippen LogP contribution is 2.32. The highest BCUT2D eigenvalue weighted by Gasteiger charge is 2.31. The van der Waals surface area contributed by atoms with Crippen LogP contribution in [0.5, 0.6) is 0 Å². The van der Waals surface area contributed by atoms with Crippen molar-refractivity contribution in [1.82, 2.24) is 0 Å². The van der Waals surface area contributed by atoms with Gasteiger partial charge in [-0.05, 0) is 23.3 Å². The van der Waals surface area contributed by atoms with E-state index in [0.717, 1.165) is 0 Å². The minimum atomic E-state index is -1.63. The van der Waals surface area contributed by atoms with E-state index in [0.29, 0.717) is 21.2 Å². The van der Waals surface area contributed by atoms with Gasteiger partial charge in [-0.2, -0.15) is 0 Å². The van der Waals surface area contributed by atoms with Crippen LogP contribution in [-0.4, -0.2) is 6.54 Å². The second-order valence-corrected chi connectivity index (χ2v) is 5.29. The highest BCUT2D eigenvalue weighted by atomic mass is 35.5. The van der Waals surface area contributed by atoms with Crippen molar-refractivity contribution in [2.75, 3.05) is 6.54 Å². The first-order chi connectivity index (χ1) is 9.05. The number of benzene rings is 2. The van der Waals surface area contributed by atoms with Crippen LogP contribution < -0.4 is 5.73 Å². The number of halogens is 3. The van der Waals surface area contributed by atoms with Gasteiger partial charge in [-0.3, -0.25) is 0 Å². The third kappa shape index (κ3) is 3.27. The van der Waals surface area contributed by atoms with Crippen molar-refractivity contribution in [3.63, 3.8) is 0 Å². The van der Waals surface area contributed by atoms with E-state index < -0.39 is 5.67 Å². The van der Waals surface area contributed by atoms with Crippen LogP contribution in [0.4, 0.5) is 4.39 Å². The van der Waals surface area contributed by atoms with Crippen LogP contribution >= 0.6 is 23.2 Å². The summed E-state index contributed by atoms with van der Waals surface area (Å²) in [7, 11) is 0. The second kappa shape index (κ2) is 5.91. The van der Waals surface area contributed by atoms with Crippen LogP contribution in [0.25, 0.3) is 0 Å². The van der Waals surface area contributed by atoms with E-state index in [-0.39, 0.29) is 13.0 Å². The van der Waals surface area contributed by atoms with Gasteiger partial charge >= 0.3 is 0 Å². The second-order valence-electron chi connectivity index (χ2n) is 4.45. The Morgan fingerprint density at radius 3 is 2.32 bits per heavy atom. The van der Waals surface area contributed by atoms with Crippen molar-refractivity contribution in [3.05, 3.63) is 69.7 Å². The molecule has 100 valence electrons. The summed E-state index contributed by atoms with van der Waals surface area (Å²) in [6.45, 7) is -0.101. The molecule has 2 N–H and O–H groups in total. The minimum Gasteiger partial charge on any atom is -0.327 e. The molecule has 0 saturated heterocycles. The zero-order chi connectivity index (χ0) is 13.9. The summed E-state index contributed by atoms with van der Waals surface area (Å²) in [5.74, 6) is 0. The van der Waals surface area contributed by atoms with Gasteiger partial charge in [-0.25, -0.2) is 4.39 Å². The summed E-state index contributed by atoms with van der Waals surface area (Å²) < 4.78 is 15.0. The van der Waals surface area contributed by atoms with Gasteiger partial charge in [0.15, 0.2) is 5.67 Å². The number of alkyl halides is 1. The van der Waals surface area contributed by atoms with Gasteiger partial charge in [0, 0.05) is 23.0 Å². The average Bonchev–Trinajstić information content (AvgIpc) is 2.43. The molecule has 1 atom stereocenters. The smallest absolute Gasteiger partial charge is 0.152 e. The van der Waals surface area contributed by atoms with Gasteiger partial charge in [-0.15, -0.1) is 0 Å². The Morgan fingerprint density at radius 2 is 1.74 bits per heavy atom. The fraction of sp³-hybridized carbons (Fsp3) is 0.200. The van der Waals surface area contributed by atoms with Gasteiger partial charge in [0.05, 0.1) is 0 Å². The van der Waals surface area contributed by atoms with E-state index in [1.807, 2.05) is 6.07 Å². The van der Waals surface area contributed by atoms with Crippen molar-refractivity contribution >= 4 is 23.2 Å². The van der Waals surface area contributed by atoms with Crippen molar-refractivity contribution in [1.29, 1.82) is 0 Å². The molecule has 0 heterocycles. The molecule has 1 nitrogen and oxygen atoms in total. The van der Waals surface area contributed by atoms with Gasteiger partial charge in [0.25, 0.3) is 0 Å². The monoisotopic (exact) mass is 297 g/mol. The minimum absolute atomic E-state index is 0.101. The molecule has 0 saturated carbocycles. The lowest BCUT2D eigenvalue weighted by Crippen LogP contribution is -2.32. The molecule has 2 rings (SSSR count). The standard InChI is InChI=1S/C15H14Cl2FN/c16-13-7-6-11(14(17)8-13)9-15(18,10-19)12-4-2-1-3-5-12/h1-8H,9-10,19H2. The summed E-state index contributed by atoms with van der Waals surface area (Å²) in [6.07, 6.45) is 0.128. The molecule has 0 aliphatic heterocycles. The van der Waals surface area contributed by atoms with E-state index in [9.17, 15) is 0 Å². The Hall–Kier alpha value is -1.09. The van der Waals surface area contributed by atoms with Gasteiger partial charge in [0.1, 0.15) is 0 Å². The molecule has 0 amide bonds. The molecule has 0 fully saturated rings. The predicted molar refractivity (Wildman–Crippen MR) is 78.4 cm³/mol. The Morgan fingerprint density at radius 1 is 1.05 bits per heavy atom. The lowest BCUT2D eigenvalue weighted by atomic mass is 9.89. The SMILES string of the molecule is NCC(F)(Cc1ccc(Cl)cc1Cl)c1ccccc1. The van der Waals surface area contributed by atoms with Crippen LogP contribution in [0.3, 0.4) is 0 Å². The largest absolute Gasteiger partial charge is 0.327 e. The van der Waals surface area contributed by atoms with Gasteiger partial charge in [-0.1, -0.05) is 59.6 Å². The van der Waals surface area contributed by atoms with E-state index in [2.05, 4.69) is 0 Å². The Kier molecular flexibility index (Phi) is 4.46. The molecule has 0 spiro atoms. The van der Waals surface area contributed by atoms with Crippen molar-refractivity contribution in [2.24, 2.45) is 5.73 Å². The summed E-state index contributed by atoms with van der Waals surface area (Å²) in [6, 6.07) is 13.9. The third-order valence-electron chi connectivity index (χ3n) is 3.10. The first kappa shape index (κ1) is 14.3. The fourth-order valence-corrected chi connectivity index (χ4v) is 2.47. The van der Waals surface area contributed by atoms with Crippen LogP contribution in [0, 0.1) is 0 Å². The summed E-state index contributed by atoms with van der Waals surface area (Å²) >= 11 is 11.9. The summed E-state index contributed by atoms with van der Waals surface area (Å²) in [5, 5.41) is 0.990. The lowest BCUT2D eigenvalue weighted by Gasteiger charge is -2.25. The zero-order valence-corrected chi connectivity index (χ0v) is 11.8. The molecule has 1 unspecified atom stereocenters. The highest BCUT2D eigenvalue weighted by molar-refractivity contribution is 6.35. The maximum absolute atomic E-state index is 15.0. The van der Waals surface area contributed by atoms with Crippen molar-refractivity contribution in [3.8, 4) is 0 Å². The van der Waals surface area contributed by atoms with Gasteiger partial charge in [0.2, 0.25) is 0 Å². The molecule has 19 heavy (non-hydrogen) atoms. The van der Waals surface area contributed by atoms with E-state index in [1.165, 1.54) is 0 Å². The molecule has 0 radical (unpaired) electrons. The Bertz CT molecular complexity index is 559. The van der Waals surface area contributed by atoms with E-state index in [1.54, 1.807) is 42.5 Å². The molecule has 0 aliphatic carbocycles. The zero-order valence-electron chi connectivity index (χ0n) is 10.2. The van der Waals surface area contributed by atoms with Crippen LogP contribution in [-0.2, 0) is 12.1 Å². The van der Waals surface area contributed by atoms with Crippen LogP contribution in [0.1, 0.15) is 11.1 Å². The number of hydrogen-bond acceptors (Lipinski definition) is 1. The molecular weight excluding hydrogens is 284 g/mol. The molecule has 0 aromatic heterocycles. The molecule has 0 aliphatic rings. The lowest BCUT2D eigenvalue weighted by molar-refractivity contribution is 0.175. The van der Waals surface area contributed by atoms with E-state index in [4.69, 9.17) is 28.9 Å². The summed E-state index contributed by atoms with van der Waals surface area (Å²) in [5.41, 5.74) is 5.25. The normalized spacial score (nSPS) is 14.1. The molecular formula is C15H14Cl2FN. The average molecular weight is 298 g/mol. The number of rotatable bonds is 4. The quantitative estimate of drug-likeness (QED) is 0.891. The maximum atomic E-state index is 15.0. The number of hydrogen-bond donors (Lipinski definition) is 1. The first-order valence-electron chi connectivity index (χ1n) is 5.93. The predicted octanol–water partition coefficient (Wildman–Crippen LogP) is 4.36. The number of nitrogens with two attached hydrogens (primary N) is 1. The molecule has 0 bridgehead atoms. The maximum Gasteiger partial charge on any atom is 0.152 e. The molecule has 2 aromatic carbocycles. The van der Waals surface area contributed by atoms with Crippen LogP contribution in [0.15, 0.2) is 48.5 Å². The third-order valence-corrected chi connectivity index (χ3v) is 3.69. The topological polar surface area (TPSA) is 26.0 Å². The Balaban J connectivity index is 2.33. The van der Waals surface area contributed by atoms with Gasteiger partial charge < -0.3 is 5.73 Å². The van der Waals surface area contributed by atoms with Crippen molar-refractivity contribution < 1.29 is 4.39 Å². The van der Waals surface area contributed by atoms with Crippen LogP contribution in [0.2, 0.25) is 10.0 Å².